The van der Waals surface area contributed by atoms with Crippen LogP contribution in [0.25, 0.3) is 10.8 Å². The van der Waals surface area contributed by atoms with Gasteiger partial charge >= 0.3 is 12.6 Å². The van der Waals surface area contributed by atoms with Gasteiger partial charge in [0.25, 0.3) is 6.43 Å². The van der Waals surface area contributed by atoms with E-state index in [1.807, 2.05) is 12.1 Å². The van der Waals surface area contributed by atoms with E-state index < -0.39 is 79.9 Å². The number of hydrogen-bond acceptors (Lipinski definition) is 10. The monoisotopic (exact) mass is 662 g/mol. The molecule has 1 amide bonds. The highest BCUT2D eigenvalue weighted by Crippen LogP contribution is 2.50. The fourth-order valence-electron chi connectivity index (χ4n) is 4.49. The summed E-state index contributed by atoms with van der Waals surface area (Å²) >= 11 is 11.5. The fourth-order valence-corrected chi connectivity index (χ4v) is 7.09. The Kier molecular flexibility index (Phi) is 10.2. The maximum Gasteiger partial charge on any atom is 0.323 e. The molecule has 43 heavy (non-hydrogen) atoms. The van der Waals surface area contributed by atoms with Crippen LogP contribution in [-0.2, 0) is 40.2 Å². The molecule has 1 saturated heterocycles. The van der Waals surface area contributed by atoms with Crippen molar-refractivity contribution in [3.63, 3.8) is 0 Å². The van der Waals surface area contributed by atoms with E-state index in [0.29, 0.717) is 10.3 Å². The lowest BCUT2D eigenvalue weighted by Gasteiger charge is -2.35. The lowest BCUT2D eigenvalue weighted by Crippen LogP contribution is -2.53. The van der Waals surface area contributed by atoms with E-state index in [1.165, 1.54) is 6.92 Å². The number of halogens is 3. The largest absolute Gasteiger partial charge is 0.462 e. The first-order valence-electron chi connectivity index (χ1n) is 13.1. The molecule has 6 atom stereocenters. The van der Waals surface area contributed by atoms with E-state index in [4.69, 9.17) is 41.9 Å². The number of hydrogen-bond donors (Lipinski definition) is 3. The third kappa shape index (κ3) is 7.07. The molecule has 2 aliphatic rings. The fraction of sp³-hybridized carbons (Fsp3) is 0.444. The highest BCUT2D eigenvalue weighted by molar-refractivity contribution is 8.09. The number of aliphatic hydroxyl groups is 2. The number of aliphatic hydroxyl groups excluding tert-OH is 2. The number of amides is 1. The van der Waals surface area contributed by atoms with Crippen molar-refractivity contribution in [2.24, 2.45) is 0 Å². The molecule has 0 spiro atoms. The first-order chi connectivity index (χ1) is 20.2. The van der Waals surface area contributed by atoms with Crippen LogP contribution in [0.3, 0.4) is 0 Å². The predicted molar refractivity (Wildman–Crippen MR) is 155 cm³/mol. The number of rotatable bonds is 11. The number of carbonyl (C=O) groups is 3. The van der Waals surface area contributed by atoms with Crippen LogP contribution in [-0.4, -0.2) is 82.0 Å². The summed E-state index contributed by atoms with van der Waals surface area (Å²) < 4.78 is 52.0. The Balaban J connectivity index is 1.66. The Labute approximate surface area is 255 Å². The maximum atomic E-state index is 14.7. The predicted octanol–water partition coefficient (Wildman–Crippen LogP) is 3.35. The minimum Gasteiger partial charge on any atom is -0.462 e. The van der Waals surface area contributed by atoms with Crippen LogP contribution in [0.2, 0.25) is 0 Å². The van der Waals surface area contributed by atoms with Gasteiger partial charge in [0.05, 0.1) is 19.1 Å². The average molecular weight is 663 g/mol. The highest BCUT2D eigenvalue weighted by atomic mass is 35.5. The van der Waals surface area contributed by atoms with E-state index in [2.05, 4.69) is 5.09 Å². The number of Topliss-reactive ketones (excluding diaryl/α,β-unsaturated/α-hetero) is 1. The van der Waals surface area contributed by atoms with Crippen molar-refractivity contribution in [3.8, 4) is 5.75 Å². The van der Waals surface area contributed by atoms with Gasteiger partial charge in [0, 0.05) is 11.6 Å². The second kappa shape index (κ2) is 13.2. The summed E-state index contributed by atoms with van der Waals surface area (Å²) in [5.41, 5.74) is -2.92. The van der Waals surface area contributed by atoms with Gasteiger partial charge in [-0.2, -0.15) is 0 Å². The van der Waals surface area contributed by atoms with Crippen molar-refractivity contribution < 1.29 is 51.9 Å². The Bertz CT molecular complexity index is 1480. The topological polar surface area (TPSA) is 144 Å². The number of nitrogens with one attached hydrogen (secondary N) is 1. The molecule has 11 nitrogen and oxygen atoms in total. The average Bonchev–Trinajstić information content (AvgIpc) is 3.20. The summed E-state index contributed by atoms with van der Waals surface area (Å²) in [5, 5.41) is 25.3. The van der Waals surface area contributed by atoms with Gasteiger partial charge in [0.15, 0.2) is 17.6 Å². The first-order valence-corrected chi connectivity index (χ1v) is 16.1. The van der Waals surface area contributed by atoms with Gasteiger partial charge in [0.1, 0.15) is 29.0 Å². The number of carbonyl (C=O) groups excluding carboxylic acids is 3. The molecule has 2 aromatic carbocycles. The number of esters is 1. The van der Waals surface area contributed by atoms with Crippen LogP contribution in [0.15, 0.2) is 53.7 Å². The Hall–Kier alpha value is -2.55. The zero-order valence-electron chi connectivity index (χ0n) is 23.2. The van der Waals surface area contributed by atoms with Crippen molar-refractivity contribution >= 4 is 58.5 Å². The highest BCUT2D eigenvalue weighted by Gasteiger charge is 2.62. The quantitative estimate of drug-likeness (QED) is 0.185. The van der Waals surface area contributed by atoms with Crippen molar-refractivity contribution in [1.82, 2.24) is 9.99 Å². The number of fused-ring (bicyclic) bond motifs is 1. The first kappa shape index (κ1) is 33.3. The summed E-state index contributed by atoms with van der Waals surface area (Å²) in [4.78, 5) is 37.5. The molecule has 3 N–H and O–H groups in total. The molecule has 16 heteroatoms. The molecule has 2 aromatic rings. The molecule has 234 valence electrons. The van der Waals surface area contributed by atoms with Crippen molar-refractivity contribution in [2.75, 3.05) is 6.61 Å². The number of allylic oxidation sites excluding steroid dienone is 1. The number of nitrogens with zero attached hydrogens (tertiary/aromatic N) is 1. The SMILES string of the molecule is CC(C)OC(=O)[C@H](C)NP(=S)(OC[C@@]1(C(F)F)O[C@@H](N2C=C(Cl)C(=O)CC2=O)[C@H](O)[C@H]1O)Oc1cccc2ccccc12. The van der Waals surface area contributed by atoms with Crippen LogP contribution in [0, 0.1) is 0 Å². The van der Waals surface area contributed by atoms with Crippen LogP contribution in [0.4, 0.5) is 8.78 Å². The molecule has 0 aliphatic carbocycles. The van der Waals surface area contributed by atoms with Crippen LogP contribution < -0.4 is 9.61 Å². The smallest absolute Gasteiger partial charge is 0.323 e. The molecule has 2 aliphatic heterocycles. The van der Waals surface area contributed by atoms with Crippen LogP contribution in [0.1, 0.15) is 27.2 Å². The number of ketones is 1. The lowest BCUT2D eigenvalue weighted by atomic mass is 9.96. The molecule has 0 radical (unpaired) electrons. The standard InChI is InChI=1S/C27H30ClF2N2O9PS/c1-14(2)39-25(37)15(3)31-42(43,41-20-10-6-8-16-7-4-5-9-17(16)20)38-13-27(26(29)30)23(36)22(35)24(40-27)32-12-18(28)19(33)11-21(32)34/h4-10,12,14-15,22-24,26,35-36H,11,13H2,1-3H3,(H,31,43)/t15-,22+,23+,24+,27+,42?/m0/s1. The van der Waals surface area contributed by atoms with E-state index in [9.17, 15) is 33.4 Å². The maximum absolute atomic E-state index is 14.7. The van der Waals surface area contributed by atoms with Gasteiger partial charge in [-0.15, -0.1) is 0 Å². The van der Waals surface area contributed by atoms with Gasteiger partial charge in [-0.05, 0) is 44.0 Å². The Morgan fingerprint density at radius 2 is 1.88 bits per heavy atom. The second-order valence-corrected chi connectivity index (χ2v) is 13.8. The normalized spacial score (nSPS) is 26.5. The van der Waals surface area contributed by atoms with E-state index in [1.54, 1.807) is 44.2 Å². The molecule has 2 heterocycles. The molecule has 0 saturated carbocycles. The minimum absolute atomic E-state index is 0.221. The number of alkyl halides is 2. The van der Waals surface area contributed by atoms with E-state index in [0.717, 1.165) is 11.6 Å². The van der Waals surface area contributed by atoms with Crippen molar-refractivity contribution in [1.29, 1.82) is 0 Å². The summed E-state index contributed by atoms with van der Waals surface area (Å²) in [6.07, 6.45) is -9.98. The van der Waals surface area contributed by atoms with E-state index >= 15 is 0 Å². The molecule has 4 rings (SSSR count). The molecule has 0 bridgehead atoms. The molecular formula is C27H30ClF2N2O9PS. The lowest BCUT2D eigenvalue weighted by molar-refractivity contribution is -0.199. The molecule has 1 unspecified atom stereocenters. The second-order valence-electron chi connectivity index (χ2n) is 10.3. The number of benzene rings is 2. The Morgan fingerprint density at radius 3 is 2.56 bits per heavy atom. The van der Waals surface area contributed by atoms with Crippen LogP contribution in [0.5, 0.6) is 5.75 Å². The van der Waals surface area contributed by atoms with Gasteiger partial charge < -0.3 is 28.7 Å². The van der Waals surface area contributed by atoms with E-state index in [-0.39, 0.29) is 10.8 Å². The van der Waals surface area contributed by atoms with Gasteiger partial charge in [-0.1, -0.05) is 48.0 Å². The molecule has 1 fully saturated rings. The summed E-state index contributed by atoms with van der Waals surface area (Å²) in [7, 11) is 0. The van der Waals surface area contributed by atoms with Gasteiger partial charge in [0.2, 0.25) is 5.91 Å². The Morgan fingerprint density at radius 1 is 1.21 bits per heavy atom. The van der Waals surface area contributed by atoms with Gasteiger partial charge in [-0.3, -0.25) is 19.3 Å². The molecular weight excluding hydrogens is 633 g/mol. The molecule has 0 aromatic heterocycles. The third-order valence-electron chi connectivity index (χ3n) is 6.70. The zero-order valence-corrected chi connectivity index (χ0v) is 25.7. The summed E-state index contributed by atoms with van der Waals surface area (Å²) in [6.45, 7) is -0.381. The zero-order chi connectivity index (χ0) is 31.7. The summed E-state index contributed by atoms with van der Waals surface area (Å²) in [5.74, 6) is -2.09. The van der Waals surface area contributed by atoms with Crippen molar-refractivity contribution in [3.05, 3.63) is 53.7 Å². The third-order valence-corrected chi connectivity index (χ3v) is 9.48. The number of ether oxygens (including phenoxy) is 2. The van der Waals surface area contributed by atoms with Gasteiger partial charge in [-0.25, -0.2) is 13.9 Å². The minimum atomic E-state index is -3.94. The summed E-state index contributed by atoms with van der Waals surface area (Å²) in [6, 6.07) is 11.1. The van der Waals surface area contributed by atoms with Crippen molar-refractivity contribution in [2.45, 2.75) is 69.8 Å². The van der Waals surface area contributed by atoms with Crippen LogP contribution >= 0.6 is 18.2 Å².